The first-order valence-corrected chi connectivity index (χ1v) is 7.32. The van der Waals surface area contributed by atoms with Gasteiger partial charge in [0.1, 0.15) is 0 Å². The van der Waals surface area contributed by atoms with Crippen molar-refractivity contribution in [2.45, 2.75) is 32.1 Å². The SMILES string of the molecule is COC(=O)C1=C/CCCCCC2=COC=C\C2=C\1C(=O)OC. The average Bonchev–Trinajstić information content (AvgIpc) is 2.56. The Hall–Kier alpha value is -2.30. The summed E-state index contributed by atoms with van der Waals surface area (Å²) in [7, 11) is 2.61. The largest absolute Gasteiger partial charge is 0.472 e. The second-order valence-corrected chi connectivity index (χ2v) is 5.07. The molecule has 0 fully saturated rings. The minimum absolute atomic E-state index is 0.238. The maximum absolute atomic E-state index is 12.3. The van der Waals surface area contributed by atoms with Crippen LogP contribution in [0, 0.1) is 0 Å². The lowest BCUT2D eigenvalue weighted by Crippen LogP contribution is -2.18. The monoisotopic (exact) mass is 304 g/mol. The highest BCUT2D eigenvalue weighted by atomic mass is 16.5. The summed E-state index contributed by atoms with van der Waals surface area (Å²) in [4.78, 5) is 24.4. The molecule has 0 aromatic heterocycles. The van der Waals surface area contributed by atoms with Crippen molar-refractivity contribution in [2.75, 3.05) is 14.2 Å². The van der Waals surface area contributed by atoms with Crippen LogP contribution in [0.15, 0.2) is 47.0 Å². The van der Waals surface area contributed by atoms with Gasteiger partial charge in [0.25, 0.3) is 0 Å². The summed E-state index contributed by atoms with van der Waals surface area (Å²) in [6.45, 7) is 0. The molecule has 1 heterocycles. The van der Waals surface area contributed by atoms with Crippen LogP contribution in [-0.2, 0) is 23.8 Å². The van der Waals surface area contributed by atoms with Gasteiger partial charge in [0.2, 0.25) is 0 Å². The van der Waals surface area contributed by atoms with Crippen LogP contribution in [0.1, 0.15) is 32.1 Å². The van der Waals surface area contributed by atoms with Gasteiger partial charge in [0, 0.05) is 0 Å². The lowest BCUT2D eigenvalue weighted by molar-refractivity contribution is -0.139. The van der Waals surface area contributed by atoms with Crippen molar-refractivity contribution < 1.29 is 23.8 Å². The Balaban J connectivity index is 2.62. The molecule has 0 spiro atoms. The van der Waals surface area contributed by atoms with Gasteiger partial charge in [0.05, 0.1) is 37.9 Å². The highest BCUT2D eigenvalue weighted by molar-refractivity contribution is 6.08. The molecule has 0 unspecified atom stereocenters. The van der Waals surface area contributed by atoms with Gasteiger partial charge in [-0.2, -0.15) is 0 Å². The molecule has 5 heteroatoms. The quantitative estimate of drug-likeness (QED) is 0.734. The van der Waals surface area contributed by atoms with Gasteiger partial charge in [-0.15, -0.1) is 0 Å². The Morgan fingerprint density at radius 2 is 1.86 bits per heavy atom. The van der Waals surface area contributed by atoms with Crippen molar-refractivity contribution in [3.05, 3.63) is 47.0 Å². The lowest BCUT2D eigenvalue weighted by atomic mass is 9.89. The van der Waals surface area contributed by atoms with Crippen LogP contribution in [0.2, 0.25) is 0 Å². The number of ether oxygens (including phenoxy) is 3. The van der Waals surface area contributed by atoms with Crippen LogP contribution in [-0.4, -0.2) is 26.2 Å². The molecule has 1 aliphatic heterocycles. The van der Waals surface area contributed by atoms with Crippen molar-refractivity contribution in [1.82, 2.24) is 0 Å². The van der Waals surface area contributed by atoms with Gasteiger partial charge in [-0.25, -0.2) is 9.59 Å². The van der Waals surface area contributed by atoms with Gasteiger partial charge in [-0.05, 0) is 42.9 Å². The van der Waals surface area contributed by atoms with E-state index in [1.165, 1.54) is 20.5 Å². The zero-order chi connectivity index (χ0) is 15.9. The Kier molecular flexibility index (Phi) is 5.58. The van der Waals surface area contributed by atoms with Gasteiger partial charge < -0.3 is 14.2 Å². The molecule has 2 rings (SSSR count). The summed E-state index contributed by atoms with van der Waals surface area (Å²) in [6.07, 6.45) is 11.1. The topological polar surface area (TPSA) is 61.8 Å². The molecule has 22 heavy (non-hydrogen) atoms. The van der Waals surface area contributed by atoms with Crippen molar-refractivity contribution in [3.8, 4) is 0 Å². The fraction of sp³-hybridized carbons (Fsp3) is 0.412. The molecule has 0 saturated carbocycles. The van der Waals surface area contributed by atoms with Crippen molar-refractivity contribution >= 4 is 11.9 Å². The zero-order valence-corrected chi connectivity index (χ0v) is 12.9. The van der Waals surface area contributed by atoms with E-state index in [2.05, 4.69) is 0 Å². The van der Waals surface area contributed by atoms with Crippen molar-refractivity contribution in [3.63, 3.8) is 0 Å². The molecule has 0 radical (unpaired) electrons. The second kappa shape index (κ2) is 7.64. The van der Waals surface area contributed by atoms with E-state index >= 15 is 0 Å². The third-order valence-electron chi connectivity index (χ3n) is 3.70. The van der Waals surface area contributed by atoms with E-state index in [1.54, 1.807) is 18.4 Å². The molecular formula is C17H20O5. The van der Waals surface area contributed by atoms with E-state index in [4.69, 9.17) is 14.2 Å². The van der Waals surface area contributed by atoms with Crippen LogP contribution in [0.5, 0.6) is 0 Å². The van der Waals surface area contributed by atoms with E-state index in [9.17, 15) is 9.59 Å². The summed E-state index contributed by atoms with van der Waals surface area (Å²) < 4.78 is 15.0. The summed E-state index contributed by atoms with van der Waals surface area (Å²) in [5, 5.41) is 0. The van der Waals surface area contributed by atoms with Crippen molar-refractivity contribution in [1.29, 1.82) is 0 Å². The number of methoxy groups -OCH3 is 2. The van der Waals surface area contributed by atoms with E-state index in [1.807, 2.05) is 0 Å². The molecule has 0 aromatic carbocycles. The number of carbonyl (C=O) groups is 2. The fourth-order valence-corrected chi connectivity index (χ4v) is 2.58. The predicted octanol–water partition coefficient (Wildman–Crippen LogP) is 2.95. The maximum atomic E-state index is 12.3. The minimum Gasteiger partial charge on any atom is -0.472 e. The Morgan fingerprint density at radius 1 is 1.09 bits per heavy atom. The zero-order valence-electron chi connectivity index (χ0n) is 12.9. The third kappa shape index (κ3) is 3.47. The summed E-state index contributed by atoms with van der Waals surface area (Å²) in [6, 6.07) is 0. The van der Waals surface area contributed by atoms with Crippen LogP contribution in [0.3, 0.4) is 0 Å². The van der Waals surface area contributed by atoms with E-state index < -0.39 is 11.9 Å². The fourth-order valence-electron chi connectivity index (χ4n) is 2.58. The highest BCUT2D eigenvalue weighted by Gasteiger charge is 2.27. The number of hydrogen-bond donors (Lipinski definition) is 0. The molecular weight excluding hydrogens is 284 g/mol. The number of fused-ring (bicyclic) bond motifs is 1. The average molecular weight is 304 g/mol. The molecule has 118 valence electrons. The highest BCUT2D eigenvalue weighted by Crippen LogP contribution is 2.31. The Bertz CT molecular complexity index is 578. The Morgan fingerprint density at radius 3 is 2.59 bits per heavy atom. The van der Waals surface area contributed by atoms with Gasteiger partial charge in [-0.1, -0.05) is 12.5 Å². The first-order chi connectivity index (χ1) is 10.7. The van der Waals surface area contributed by atoms with Gasteiger partial charge in [0.15, 0.2) is 0 Å². The molecule has 2 aliphatic rings. The van der Waals surface area contributed by atoms with Gasteiger partial charge in [-0.3, -0.25) is 0 Å². The van der Waals surface area contributed by atoms with E-state index in [-0.39, 0.29) is 11.1 Å². The van der Waals surface area contributed by atoms with Gasteiger partial charge >= 0.3 is 11.9 Å². The standard InChI is InChI=1S/C17H20O5/c1-20-16(18)14-8-6-4-3-5-7-12-11-22-10-9-13(12)15(14)17(19)21-2/h8-11H,3-7H2,1-2H3/b14-8+,15-13+. The Labute approximate surface area is 129 Å². The van der Waals surface area contributed by atoms with Crippen LogP contribution < -0.4 is 0 Å². The molecule has 0 amide bonds. The lowest BCUT2D eigenvalue weighted by Gasteiger charge is -2.19. The molecule has 0 aromatic rings. The van der Waals surface area contributed by atoms with Crippen LogP contribution in [0.4, 0.5) is 0 Å². The van der Waals surface area contributed by atoms with Crippen molar-refractivity contribution in [2.24, 2.45) is 0 Å². The maximum Gasteiger partial charge on any atom is 0.339 e. The second-order valence-electron chi connectivity index (χ2n) is 5.07. The number of carbonyl (C=O) groups excluding carboxylic acids is 2. The van der Waals surface area contributed by atoms with E-state index in [0.29, 0.717) is 5.57 Å². The minimum atomic E-state index is -0.551. The normalized spacial score (nSPS) is 24.1. The summed E-state index contributed by atoms with van der Waals surface area (Å²) in [5.41, 5.74) is 2.04. The predicted molar refractivity (Wildman–Crippen MR) is 80.5 cm³/mol. The number of esters is 2. The summed E-state index contributed by atoms with van der Waals surface area (Å²) in [5.74, 6) is -1.09. The molecule has 0 N–H and O–H groups in total. The molecule has 0 atom stereocenters. The third-order valence-corrected chi connectivity index (χ3v) is 3.70. The summed E-state index contributed by atoms with van der Waals surface area (Å²) >= 11 is 0. The molecule has 1 aliphatic carbocycles. The first kappa shape index (κ1) is 16.1. The molecule has 0 saturated heterocycles. The molecule has 5 nitrogen and oxygen atoms in total. The van der Waals surface area contributed by atoms with Crippen LogP contribution in [0.25, 0.3) is 0 Å². The number of hydrogen-bond acceptors (Lipinski definition) is 5. The van der Waals surface area contributed by atoms with Crippen LogP contribution >= 0.6 is 0 Å². The molecule has 0 bridgehead atoms. The number of allylic oxidation sites excluding steroid dienone is 4. The number of rotatable bonds is 2. The smallest absolute Gasteiger partial charge is 0.339 e. The van der Waals surface area contributed by atoms with E-state index in [0.717, 1.165) is 37.7 Å². The first-order valence-electron chi connectivity index (χ1n) is 7.32.